The van der Waals surface area contributed by atoms with E-state index in [-0.39, 0.29) is 0 Å². The first-order valence-corrected chi connectivity index (χ1v) is 5.49. The highest BCUT2D eigenvalue weighted by Crippen LogP contribution is 2.24. The van der Waals surface area contributed by atoms with Gasteiger partial charge in [-0.3, -0.25) is 0 Å². The first-order valence-electron chi connectivity index (χ1n) is 5.49. The third-order valence-electron chi connectivity index (χ3n) is 3.08. The van der Waals surface area contributed by atoms with Gasteiger partial charge in [-0.15, -0.1) is 0 Å². The van der Waals surface area contributed by atoms with E-state index in [0.29, 0.717) is 0 Å². The van der Waals surface area contributed by atoms with Crippen molar-refractivity contribution in [2.45, 2.75) is 20.4 Å². The normalized spacial score (nSPS) is 11.1. The van der Waals surface area contributed by atoms with E-state index in [4.69, 9.17) is 0 Å². The van der Waals surface area contributed by atoms with E-state index < -0.39 is 0 Å². The first-order chi connectivity index (χ1) is 7.25. The van der Waals surface area contributed by atoms with Crippen LogP contribution in [0.3, 0.4) is 0 Å². The summed E-state index contributed by atoms with van der Waals surface area (Å²) in [7, 11) is 2.13. The number of para-hydroxylation sites is 1. The number of rotatable bonds is 3. The maximum Gasteiger partial charge on any atom is 0.0483 e. The molecule has 0 bridgehead atoms. The Bertz CT molecular complexity index is 469. The van der Waals surface area contributed by atoms with Gasteiger partial charge in [-0.25, -0.2) is 0 Å². The molecular weight excluding hydrogens is 184 g/mol. The topological polar surface area (TPSA) is 17.0 Å². The lowest BCUT2D eigenvalue weighted by atomic mass is 10.1. The van der Waals surface area contributed by atoms with E-state index in [9.17, 15) is 0 Å². The minimum Gasteiger partial charge on any atom is -0.348 e. The van der Waals surface area contributed by atoms with Crippen LogP contribution in [0.5, 0.6) is 0 Å². The van der Waals surface area contributed by atoms with Crippen LogP contribution in [0.15, 0.2) is 24.3 Å². The third-order valence-corrected chi connectivity index (χ3v) is 3.08. The Labute approximate surface area is 90.9 Å². The molecule has 0 spiro atoms. The lowest BCUT2D eigenvalue weighted by molar-refractivity contribution is 0.721. The zero-order valence-corrected chi connectivity index (χ0v) is 9.67. The molecule has 0 aliphatic rings. The van der Waals surface area contributed by atoms with Crippen LogP contribution in [0.1, 0.15) is 18.2 Å². The van der Waals surface area contributed by atoms with Gasteiger partial charge in [0.2, 0.25) is 0 Å². The largest absolute Gasteiger partial charge is 0.348 e. The van der Waals surface area contributed by atoms with Crippen LogP contribution in [0.2, 0.25) is 0 Å². The van der Waals surface area contributed by atoms with Crippen molar-refractivity contribution < 1.29 is 0 Å². The monoisotopic (exact) mass is 202 g/mol. The predicted octanol–water partition coefficient (Wildman–Crippen LogP) is 2.60. The molecule has 0 amide bonds. The van der Waals surface area contributed by atoms with Crippen LogP contribution in [0.25, 0.3) is 10.9 Å². The Hall–Kier alpha value is -1.28. The highest BCUT2D eigenvalue weighted by molar-refractivity contribution is 5.85. The molecule has 2 rings (SSSR count). The molecule has 1 heterocycles. The van der Waals surface area contributed by atoms with E-state index in [1.165, 1.54) is 22.2 Å². The minimum atomic E-state index is 0.962. The number of hydrogen-bond acceptors (Lipinski definition) is 1. The SMILES string of the molecule is CCNCc1c(C)n(C)c2ccccc12. The van der Waals surface area contributed by atoms with Gasteiger partial charge in [0, 0.05) is 30.2 Å². The predicted molar refractivity (Wildman–Crippen MR) is 65.0 cm³/mol. The number of fused-ring (bicyclic) bond motifs is 1. The second-order valence-electron chi connectivity index (χ2n) is 3.92. The Kier molecular flexibility index (Phi) is 2.78. The molecule has 2 aromatic rings. The summed E-state index contributed by atoms with van der Waals surface area (Å²) in [6, 6.07) is 8.59. The van der Waals surface area contributed by atoms with Gasteiger partial charge >= 0.3 is 0 Å². The smallest absolute Gasteiger partial charge is 0.0483 e. The number of hydrogen-bond donors (Lipinski definition) is 1. The lowest BCUT2D eigenvalue weighted by Gasteiger charge is -2.02. The van der Waals surface area contributed by atoms with Gasteiger partial charge in [-0.1, -0.05) is 25.1 Å². The number of nitrogens with zero attached hydrogens (tertiary/aromatic N) is 1. The molecule has 0 aliphatic heterocycles. The molecule has 0 aliphatic carbocycles. The van der Waals surface area contributed by atoms with Crippen molar-refractivity contribution in [1.29, 1.82) is 0 Å². The summed E-state index contributed by atoms with van der Waals surface area (Å²) in [6.45, 7) is 6.31. The summed E-state index contributed by atoms with van der Waals surface area (Å²) in [4.78, 5) is 0. The van der Waals surface area contributed by atoms with Crippen LogP contribution < -0.4 is 5.32 Å². The van der Waals surface area contributed by atoms with Crippen molar-refractivity contribution >= 4 is 10.9 Å². The van der Waals surface area contributed by atoms with Crippen molar-refractivity contribution in [2.24, 2.45) is 7.05 Å². The van der Waals surface area contributed by atoms with E-state index in [2.05, 4.69) is 55.0 Å². The number of aryl methyl sites for hydroxylation is 1. The second kappa shape index (κ2) is 4.07. The molecule has 2 nitrogen and oxygen atoms in total. The Morgan fingerprint density at radius 1 is 1.27 bits per heavy atom. The highest BCUT2D eigenvalue weighted by atomic mass is 15.0. The van der Waals surface area contributed by atoms with Crippen LogP contribution in [-0.4, -0.2) is 11.1 Å². The summed E-state index contributed by atoms with van der Waals surface area (Å²) in [5.41, 5.74) is 4.11. The zero-order chi connectivity index (χ0) is 10.8. The molecule has 0 radical (unpaired) electrons. The van der Waals surface area contributed by atoms with Gasteiger partial charge in [0.15, 0.2) is 0 Å². The van der Waals surface area contributed by atoms with Gasteiger partial charge < -0.3 is 9.88 Å². The van der Waals surface area contributed by atoms with E-state index in [0.717, 1.165) is 13.1 Å². The Morgan fingerprint density at radius 2 is 2.00 bits per heavy atom. The highest BCUT2D eigenvalue weighted by Gasteiger charge is 2.09. The number of aromatic nitrogens is 1. The summed E-state index contributed by atoms with van der Waals surface area (Å²) >= 11 is 0. The molecule has 0 saturated carbocycles. The summed E-state index contributed by atoms with van der Waals surface area (Å²) in [5.74, 6) is 0. The standard InChI is InChI=1S/C13H18N2/c1-4-14-9-12-10(2)15(3)13-8-6-5-7-11(12)13/h5-8,14H,4,9H2,1-3H3. The summed E-state index contributed by atoms with van der Waals surface area (Å²) in [6.07, 6.45) is 0. The molecule has 0 saturated heterocycles. The van der Waals surface area contributed by atoms with Crippen LogP contribution in [-0.2, 0) is 13.6 Å². The molecule has 1 aromatic carbocycles. The Morgan fingerprint density at radius 3 is 2.73 bits per heavy atom. The van der Waals surface area contributed by atoms with Gasteiger partial charge in [0.25, 0.3) is 0 Å². The average Bonchev–Trinajstić information content (AvgIpc) is 2.51. The molecule has 80 valence electrons. The second-order valence-corrected chi connectivity index (χ2v) is 3.92. The Balaban J connectivity index is 2.56. The molecule has 0 fully saturated rings. The number of nitrogens with one attached hydrogen (secondary N) is 1. The van der Waals surface area contributed by atoms with Crippen molar-refractivity contribution in [2.75, 3.05) is 6.54 Å². The average molecular weight is 202 g/mol. The minimum absolute atomic E-state index is 0.962. The van der Waals surface area contributed by atoms with Crippen LogP contribution in [0.4, 0.5) is 0 Å². The van der Waals surface area contributed by atoms with Crippen molar-refractivity contribution in [3.63, 3.8) is 0 Å². The van der Waals surface area contributed by atoms with E-state index in [1.807, 2.05) is 0 Å². The third kappa shape index (κ3) is 1.65. The number of benzene rings is 1. The fourth-order valence-electron chi connectivity index (χ4n) is 2.07. The maximum absolute atomic E-state index is 3.40. The fraction of sp³-hybridized carbons (Fsp3) is 0.385. The quantitative estimate of drug-likeness (QED) is 0.809. The molecule has 1 aromatic heterocycles. The van der Waals surface area contributed by atoms with Crippen molar-refractivity contribution in [1.82, 2.24) is 9.88 Å². The van der Waals surface area contributed by atoms with Crippen molar-refractivity contribution in [3.05, 3.63) is 35.5 Å². The molecule has 1 N–H and O–H groups in total. The fourth-order valence-corrected chi connectivity index (χ4v) is 2.07. The maximum atomic E-state index is 3.40. The van der Waals surface area contributed by atoms with Gasteiger partial charge in [-0.2, -0.15) is 0 Å². The zero-order valence-electron chi connectivity index (χ0n) is 9.67. The van der Waals surface area contributed by atoms with E-state index in [1.54, 1.807) is 0 Å². The van der Waals surface area contributed by atoms with Crippen LogP contribution in [0, 0.1) is 6.92 Å². The van der Waals surface area contributed by atoms with Gasteiger partial charge in [0.05, 0.1) is 0 Å². The first kappa shape index (κ1) is 10.2. The van der Waals surface area contributed by atoms with Gasteiger partial charge in [0.1, 0.15) is 0 Å². The molecule has 0 unspecified atom stereocenters. The molecule has 0 atom stereocenters. The van der Waals surface area contributed by atoms with Crippen molar-refractivity contribution in [3.8, 4) is 0 Å². The molecule has 15 heavy (non-hydrogen) atoms. The molecular formula is C13H18N2. The van der Waals surface area contributed by atoms with Gasteiger partial charge in [-0.05, 0) is 25.1 Å². The lowest BCUT2D eigenvalue weighted by Crippen LogP contribution is -2.12. The van der Waals surface area contributed by atoms with E-state index >= 15 is 0 Å². The summed E-state index contributed by atoms with van der Waals surface area (Å²) < 4.78 is 2.27. The van der Waals surface area contributed by atoms with Crippen LogP contribution >= 0.6 is 0 Å². The molecule has 2 heteroatoms. The summed E-state index contributed by atoms with van der Waals surface area (Å²) in [5, 5.41) is 4.77.